The van der Waals surface area contributed by atoms with Gasteiger partial charge in [0.25, 0.3) is 0 Å². The molecule has 0 fully saturated rings. The Balaban J connectivity index is 1.88. The number of para-hydroxylation sites is 1. The van der Waals surface area contributed by atoms with Crippen molar-refractivity contribution in [3.63, 3.8) is 0 Å². The van der Waals surface area contributed by atoms with Crippen LogP contribution < -0.4 is 4.90 Å². The van der Waals surface area contributed by atoms with Crippen molar-refractivity contribution in [2.75, 3.05) is 19.0 Å². The van der Waals surface area contributed by atoms with E-state index in [0.717, 1.165) is 22.2 Å². The normalized spacial score (nSPS) is 10.0. The molecule has 0 bridgehead atoms. The van der Waals surface area contributed by atoms with E-state index >= 15 is 0 Å². The Morgan fingerprint density at radius 2 is 1.57 bits per heavy atom. The number of anilines is 1. The van der Waals surface area contributed by atoms with Gasteiger partial charge in [-0.25, -0.2) is 4.98 Å². The van der Waals surface area contributed by atoms with Gasteiger partial charge in [0, 0.05) is 30.7 Å². The highest BCUT2D eigenvalue weighted by molar-refractivity contribution is 5.78. The third kappa shape index (κ3) is 3.04. The topological polar surface area (TPSA) is 16.1 Å². The fourth-order valence-electron chi connectivity index (χ4n) is 2.11. The van der Waals surface area contributed by atoms with Gasteiger partial charge in [0.1, 0.15) is 5.69 Å². The van der Waals surface area contributed by atoms with Crippen molar-refractivity contribution < 1.29 is 0 Å². The van der Waals surface area contributed by atoms with Crippen molar-refractivity contribution >= 4 is 16.6 Å². The summed E-state index contributed by atoms with van der Waals surface area (Å²) >= 11 is 0. The fourth-order valence-corrected chi connectivity index (χ4v) is 2.11. The molecule has 0 amide bonds. The first-order chi connectivity index (χ1) is 10.2. The molecule has 21 heavy (non-hydrogen) atoms. The minimum absolute atomic E-state index is 0.797. The summed E-state index contributed by atoms with van der Waals surface area (Å²) in [6.45, 7) is 0. The van der Waals surface area contributed by atoms with Crippen LogP contribution in [0, 0.1) is 11.8 Å². The second-order valence-corrected chi connectivity index (χ2v) is 5.08. The molecule has 3 aromatic rings. The van der Waals surface area contributed by atoms with Crippen molar-refractivity contribution in [1.29, 1.82) is 0 Å². The molecule has 2 aromatic carbocycles. The SMILES string of the molecule is CN(C)c1ccc(C#Cc2ccc3ccccc3n2)cc1. The van der Waals surface area contributed by atoms with Crippen LogP contribution in [0.3, 0.4) is 0 Å². The number of hydrogen-bond donors (Lipinski definition) is 0. The smallest absolute Gasteiger partial charge is 0.114 e. The minimum Gasteiger partial charge on any atom is -0.378 e. The van der Waals surface area contributed by atoms with E-state index in [1.165, 1.54) is 5.69 Å². The quantitative estimate of drug-likeness (QED) is 0.628. The molecule has 2 nitrogen and oxygen atoms in total. The van der Waals surface area contributed by atoms with Crippen molar-refractivity contribution in [2.24, 2.45) is 0 Å². The maximum Gasteiger partial charge on any atom is 0.114 e. The van der Waals surface area contributed by atoms with E-state index in [1.807, 2.05) is 50.5 Å². The molecule has 1 aromatic heterocycles. The van der Waals surface area contributed by atoms with E-state index in [2.05, 4.69) is 46.0 Å². The van der Waals surface area contributed by atoms with Crippen molar-refractivity contribution in [1.82, 2.24) is 4.98 Å². The third-order valence-electron chi connectivity index (χ3n) is 3.32. The minimum atomic E-state index is 0.797. The number of hydrogen-bond acceptors (Lipinski definition) is 2. The highest BCUT2D eigenvalue weighted by atomic mass is 15.1. The van der Waals surface area contributed by atoms with E-state index in [4.69, 9.17) is 0 Å². The molecule has 0 saturated carbocycles. The van der Waals surface area contributed by atoms with Gasteiger partial charge in [0.15, 0.2) is 0 Å². The molecule has 0 N–H and O–H groups in total. The Kier molecular flexibility index (Phi) is 3.57. The monoisotopic (exact) mass is 272 g/mol. The largest absolute Gasteiger partial charge is 0.378 e. The second kappa shape index (κ2) is 5.68. The number of rotatable bonds is 1. The lowest BCUT2D eigenvalue weighted by molar-refractivity contribution is 1.13. The molecular formula is C19H16N2. The fraction of sp³-hybridized carbons (Fsp3) is 0.105. The predicted octanol–water partition coefficient (Wildman–Crippen LogP) is 3.70. The average molecular weight is 272 g/mol. The van der Waals surface area contributed by atoms with Crippen LogP contribution in [0.1, 0.15) is 11.3 Å². The third-order valence-corrected chi connectivity index (χ3v) is 3.32. The maximum atomic E-state index is 4.55. The van der Waals surface area contributed by atoms with Crippen molar-refractivity contribution in [3.8, 4) is 11.8 Å². The van der Waals surface area contributed by atoms with Crippen LogP contribution in [-0.2, 0) is 0 Å². The van der Waals surface area contributed by atoms with Crippen LogP contribution in [0.25, 0.3) is 10.9 Å². The molecule has 102 valence electrons. The molecular weight excluding hydrogens is 256 g/mol. The Bertz CT molecular complexity index is 821. The summed E-state index contributed by atoms with van der Waals surface area (Å²) in [5.74, 6) is 6.29. The lowest BCUT2D eigenvalue weighted by atomic mass is 10.2. The van der Waals surface area contributed by atoms with Crippen LogP contribution in [0.5, 0.6) is 0 Å². The van der Waals surface area contributed by atoms with Gasteiger partial charge in [-0.1, -0.05) is 30.2 Å². The number of pyridine rings is 1. The second-order valence-electron chi connectivity index (χ2n) is 5.08. The van der Waals surface area contributed by atoms with E-state index < -0.39 is 0 Å². The Hall–Kier alpha value is -2.79. The standard InChI is InChI=1S/C19H16N2/c1-21(2)18-13-8-15(9-14-18)7-11-17-12-10-16-5-3-4-6-19(16)20-17/h3-6,8-10,12-14H,1-2H3. The van der Waals surface area contributed by atoms with Gasteiger partial charge < -0.3 is 4.90 Å². The van der Waals surface area contributed by atoms with E-state index in [9.17, 15) is 0 Å². The van der Waals surface area contributed by atoms with Crippen LogP contribution >= 0.6 is 0 Å². The average Bonchev–Trinajstić information content (AvgIpc) is 2.53. The van der Waals surface area contributed by atoms with Crippen molar-refractivity contribution in [3.05, 3.63) is 71.9 Å². The van der Waals surface area contributed by atoms with Crippen LogP contribution in [0.4, 0.5) is 5.69 Å². The molecule has 0 atom stereocenters. The molecule has 3 rings (SSSR count). The van der Waals surface area contributed by atoms with E-state index in [-0.39, 0.29) is 0 Å². The molecule has 0 saturated heterocycles. The summed E-state index contributed by atoms with van der Waals surface area (Å²) in [5.41, 5.74) is 3.94. The number of benzene rings is 2. The molecule has 0 aliphatic carbocycles. The van der Waals surface area contributed by atoms with Gasteiger partial charge in [-0.05, 0) is 42.3 Å². The molecule has 0 aliphatic heterocycles. The Labute approximate surface area is 125 Å². The number of nitrogens with zero attached hydrogens (tertiary/aromatic N) is 2. The zero-order valence-corrected chi connectivity index (χ0v) is 12.2. The van der Waals surface area contributed by atoms with Crippen LogP contribution in [0.2, 0.25) is 0 Å². The summed E-state index contributed by atoms with van der Waals surface area (Å²) in [7, 11) is 4.05. The molecule has 0 aliphatic rings. The first kappa shape index (κ1) is 13.2. The van der Waals surface area contributed by atoms with E-state index in [1.54, 1.807) is 0 Å². The van der Waals surface area contributed by atoms with Gasteiger partial charge in [-0.2, -0.15) is 0 Å². The zero-order valence-electron chi connectivity index (χ0n) is 12.2. The maximum absolute atomic E-state index is 4.55. The molecule has 0 radical (unpaired) electrons. The lowest BCUT2D eigenvalue weighted by Crippen LogP contribution is -2.07. The van der Waals surface area contributed by atoms with E-state index in [0.29, 0.717) is 0 Å². The van der Waals surface area contributed by atoms with Gasteiger partial charge >= 0.3 is 0 Å². The number of aromatic nitrogens is 1. The highest BCUT2D eigenvalue weighted by Gasteiger charge is 1.96. The van der Waals surface area contributed by atoms with Crippen LogP contribution in [0.15, 0.2) is 60.7 Å². The number of fused-ring (bicyclic) bond motifs is 1. The Morgan fingerprint density at radius 3 is 2.33 bits per heavy atom. The summed E-state index contributed by atoms with van der Waals surface area (Å²) < 4.78 is 0. The molecule has 0 spiro atoms. The summed E-state index contributed by atoms with van der Waals surface area (Å²) in [6, 6.07) is 20.3. The summed E-state index contributed by atoms with van der Waals surface area (Å²) in [6.07, 6.45) is 0. The summed E-state index contributed by atoms with van der Waals surface area (Å²) in [5, 5.41) is 1.14. The predicted molar refractivity (Wildman–Crippen MR) is 88.5 cm³/mol. The molecule has 1 heterocycles. The van der Waals surface area contributed by atoms with Gasteiger partial charge in [0.2, 0.25) is 0 Å². The zero-order chi connectivity index (χ0) is 14.7. The van der Waals surface area contributed by atoms with Gasteiger partial charge in [0.05, 0.1) is 5.52 Å². The highest BCUT2D eigenvalue weighted by Crippen LogP contribution is 2.13. The first-order valence-electron chi connectivity index (χ1n) is 6.87. The van der Waals surface area contributed by atoms with Gasteiger partial charge in [-0.3, -0.25) is 0 Å². The lowest BCUT2D eigenvalue weighted by Gasteiger charge is -2.11. The Morgan fingerprint density at radius 1 is 0.810 bits per heavy atom. The van der Waals surface area contributed by atoms with Crippen LogP contribution in [-0.4, -0.2) is 19.1 Å². The molecule has 0 unspecified atom stereocenters. The van der Waals surface area contributed by atoms with Crippen molar-refractivity contribution in [2.45, 2.75) is 0 Å². The molecule has 2 heteroatoms. The summed E-state index contributed by atoms with van der Waals surface area (Å²) in [4.78, 5) is 6.63. The van der Waals surface area contributed by atoms with Gasteiger partial charge in [-0.15, -0.1) is 0 Å². The first-order valence-corrected chi connectivity index (χ1v) is 6.87.